The second-order valence-electron chi connectivity index (χ2n) is 6.19. The van der Waals surface area contributed by atoms with Gasteiger partial charge in [-0.1, -0.05) is 22.9 Å². The molecule has 2 aromatic rings. The average molecular weight is 391 g/mol. The number of aromatic nitrogens is 2. The number of amides is 1. The van der Waals surface area contributed by atoms with Crippen LogP contribution in [-0.2, 0) is 0 Å². The SMILES string of the molecule is CCNCC1CCN(C(=O)c2cnn(-c3ccc(Br)cc3)c2)CC1. The van der Waals surface area contributed by atoms with Gasteiger partial charge in [-0.2, -0.15) is 5.10 Å². The molecule has 0 spiro atoms. The van der Waals surface area contributed by atoms with Crippen LogP contribution in [0.5, 0.6) is 0 Å². The molecule has 0 unspecified atom stereocenters. The van der Waals surface area contributed by atoms with Crippen LogP contribution in [0.4, 0.5) is 0 Å². The second kappa shape index (κ2) is 7.94. The van der Waals surface area contributed by atoms with E-state index in [1.807, 2.05) is 35.4 Å². The molecule has 2 heterocycles. The summed E-state index contributed by atoms with van der Waals surface area (Å²) in [7, 11) is 0. The van der Waals surface area contributed by atoms with E-state index in [1.165, 1.54) is 0 Å². The number of carbonyl (C=O) groups is 1. The van der Waals surface area contributed by atoms with Crippen molar-refractivity contribution in [3.05, 3.63) is 46.7 Å². The standard InChI is InChI=1S/C18H23BrN4O/c1-2-20-11-14-7-9-22(10-8-14)18(24)15-12-21-23(13-15)17-5-3-16(19)4-6-17/h3-6,12-14,20H,2,7-11H2,1H3. The zero-order valence-corrected chi connectivity index (χ0v) is 15.5. The minimum absolute atomic E-state index is 0.0836. The second-order valence-corrected chi connectivity index (χ2v) is 7.11. The molecule has 1 aliphatic rings. The summed E-state index contributed by atoms with van der Waals surface area (Å²) in [5.74, 6) is 0.764. The summed E-state index contributed by atoms with van der Waals surface area (Å²) in [5.41, 5.74) is 1.60. The van der Waals surface area contributed by atoms with E-state index in [0.29, 0.717) is 11.5 Å². The zero-order valence-electron chi connectivity index (χ0n) is 13.9. The highest BCUT2D eigenvalue weighted by Gasteiger charge is 2.24. The van der Waals surface area contributed by atoms with Crippen LogP contribution in [-0.4, -0.2) is 46.8 Å². The largest absolute Gasteiger partial charge is 0.339 e. The minimum atomic E-state index is 0.0836. The van der Waals surface area contributed by atoms with Crippen molar-refractivity contribution in [3.8, 4) is 5.69 Å². The number of nitrogens with zero attached hydrogens (tertiary/aromatic N) is 3. The van der Waals surface area contributed by atoms with Crippen LogP contribution < -0.4 is 5.32 Å². The van der Waals surface area contributed by atoms with Crippen LogP contribution in [0.3, 0.4) is 0 Å². The molecule has 1 saturated heterocycles. The van der Waals surface area contributed by atoms with Gasteiger partial charge in [-0.3, -0.25) is 4.79 Å². The van der Waals surface area contributed by atoms with E-state index >= 15 is 0 Å². The molecular formula is C18H23BrN4O. The number of benzene rings is 1. The Kier molecular flexibility index (Phi) is 5.68. The van der Waals surface area contributed by atoms with Gasteiger partial charge in [-0.05, 0) is 56.1 Å². The Morgan fingerprint density at radius 3 is 2.67 bits per heavy atom. The third-order valence-electron chi connectivity index (χ3n) is 4.51. The molecule has 0 atom stereocenters. The van der Waals surface area contributed by atoms with Crippen molar-refractivity contribution in [1.29, 1.82) is 0 Å². The Bertz CT molecular complexity index is 675. The molecule has 24 heavy (non-hydrogen) atoms. The number of likely N-dealkylation sites (tertiary alicyclic amines) is 1. The van der Waals surface area contributed by atoms with Crippen LogP contribution in [0.15, 0.2) is 41.1 Å². The van der Waals surface area contributed by atoms with Crippen LogP contribution in [0.1, 0.15) is 30.1 Å². The van der Waals surface area contributed by atoms with E-state index in [9.17, 15) is 4.79 Å². The lowest BCUT2D eigenvalue weighted by molar-refractivity contribution is 0.0690. The van der Waals surface area contributed by atoms with Crippen molar-refractivity contribution in [2.75, 3.05) is 26.2 Å². The molecule has 0 saturated carbocycles. The number of carbonyl (C=O) groups excluding carboxylic acids is 1. The Labute approximate surface area is 151 Å². The first-order valence-electron chi connectivity index (χ1n) is 8.48. The monoisotopic (exact) mass is 390 g/mol. The molecule has 5 nitrogen and oxygen atoms in total. The molecule has 1 amide bonds. The summed E-state index contributed by atoms with van der Waals surface area (Å²) in [4.78, 5) is 14.6. The Hall–Kier alpha value is -1.66. The highest BCUT2D eigenvalue weighted by molar-refractivity contribution is 9.10. The third-order valence-corrected chi connectivity index (χ3v) is 5.03. The number of hydrogen-bond acceptors (Lipinski definition) is 3. The van der Waals surface area contributed by atoms with E-state index < -0.39 is 0 Å². The lowest BCUT2D eigenvalue weighted by Gasteiger charge is -2.31. The van der Waals surface area contributed by atoms with E-state index in [4.69, 9.17) is 0 Å². The summed E-state index contributed by atoms with van der Waals surface area (Å²) < 4.78 is 2.77. The maximum absolute atomic E-state index is 12.7. The molecule has 128 valence electrons. The average Bonchev–Trinajstić information content (AvgIpc) is 3.10. The van der Waals surface area contributed by atoms with E-state index in [-0.39, 0.29) is 5.91 Å². The number of rotatable bonds is 5. The number of piperidine rings is 1. The normalized spacial score (nSPS) is 15.7. The molecule has 1 aromatic heterocycles. The molecule has 6 heteroatoms. The first-order chi connectivity index (χ1) is 11.7. The van der Waals surface area contributed by atoms with Crippen LogP contribution in [0, 0.1) is 5.92 Å². The topological polar surface area (TPSA) is 50.2 Å². The lowest BCUT2D eigenvalue weighted by Crippen LogP contribution is -2.40. The van der Waals surface area contributed by atoms with Gasteiger partial charge in [0.25, 0.3) is 5.91 Å². The maximum atomic E-state index is 12.7. The Balaban J connectivity index is 1.61. The maximum Gasteiger partial charge on any atom is 0.257 e. The predicted molar refractivity (Wildman–Crippen MR) is 98.4 cm³/mol. The fourth-order valence-electron chi connectivity index (χ4n) is 3.04. The van der Waals surface area contributed by atoms with Crippen molar-refractivity contribution in [3.63, 3.8) is 0 Å². The van der Waals surface area contributed by atoms with Crippen LogP contribution in [0.2, 0.25) is 0 Å². The summed E-state index contributed by atoms with van der Waals surface area (Å²) >= 11 is 3.42. The molecule has 0 radical (unpaired) electrons. The van der Waals surface area contributed by atoms with E-state index in [2.05, 4.69) is 33.3 Å². The highest BCUT2D eigenvalue weighted by Crippen LogP contribution is 2.19. The zero-order chi connectivity index (χ0) is 16.9. The van der Waals surface area contributed by atoms with Gasteiger partial charge in [-0.15, -0.1) is 0 Å². The van der Waals surface area contributed by atoms with Gasteiger partial charge in [0.05, 0.1) is 17.4 Å². The molecule has 0 bridgehead atoms. The van der Waals surface area contributed by atoms with Gasteiger partial charge in [0, 0.05) is 23.8 Å². The summed E-state index contributed by atoms with van der Waals surface area (Å²) in [6, 6.07) is 7.87. The van der Waals surface area contributed by atoms with E-state index in [0.717, 1.165) is 49.2 Å². The van der Waals surface area contributed by atoms with Crippen LogP contribution >= 0.6 is 15.9 Å². The number of hydrogen-bond donors (Lipinski definition) is 1. The molecule has 1 aromatic carbocycles. The van der Waals surface area contributed by atoms with E-state index in [1.54, 1.807) is 10.9 Å². The summed E-state index contributed by atoms with van der Waals surface area (Å²) in [6.45, 7) is 5.85. The van der Waals surface area contributed by atoms with Crippen molar-refractivity contribution in [2.24, 2.45) is 5.92 Å². The fourth-order valence-corrected chi connectivity index (χ4v) is 3.30. The molecular weight excluding hydrogens is 368 g/mol. The van der Waals surface area contributed by atoms with Crippen molar-refractivity contribution >= 4 is 21.8 Å². The summed E-state index contributed by atoms with van der Waals surface area (Å²) in [5, 5.41) is 7.73. The molecule has 1 aliphatic heterocycles. The van der Waals surface area contributed by atoms with Gasteiger partial charge >= 0.3 is 0 Å². The first kappa shape index (κ1) is 17.2. The van der Waals surface area contributed by atoms with Crippen molar-refractivity contribution < 1.29 is 4.79 Å². The lowest BCUT2D eigenvalue weighted by atomic mass is 9.96. The highest BCUT2D eigenvalue weighted by atomic mass is 79.9. The predicted octanol–water partition coefficient (Wildman–Crippen LogP) is 3.10. The van der Waals surface area contributed by atoms with Gasteiger partial charge in [0.1, 0.15) is 0 Å². The fraction of sp³-hybridized carbons (Fsp3) is 0.444. The Morgan fingerprint density at radius 1 is 1.29 bits per heavy atom. The molecule has 0 aliphatic carbocycles. The number of nitrogens with one attached hydrogen (secondary N) is 1. The van der Waals surface area contributed by atoms with Crippen molar-refractivity contribution in [2.45, 2.75) is 19.8 Å². The quantitative estimate of drug-likeness (QED) is 0.852. The minimum Gasteiger partial charge on any atom is -0.339 e. The van der Waals surface area contributed by atoms with Gasteiger partial charge in [0.15, 0.2) is 0 Å². The van der Waals surface area contributed by atoms with Crippen molar-refractivity contribution in [1.82, 2.24) is 20.0 Å². The Morgan fingerprint density at radius 2 is 2.00 bits per heavy atom. The van der Waals surface area contributed by atoms with Gasteiger partial charge in [0.2, 0.25) is 0 Å². The third kappa shape index (κ3) is 4.05. The summed E-state index contributed by atoms with van der Waals surface area (Å²) in [6.07, 6.45) is 5.62. The van der Waals surface area contributed by atoms with Gasteiger partial charge in [-0.25, -0.2) is 4.68 Å². The van der Waals surface area contributed by atoms with Gasteiger partial charge < -0.3 is 10.2 Å². The molecule has 3 rings (SSSR count). The van der Waals surface area contributed by atoms with Crippen LogP contribution in [0.25, 0.3) is 5.69 Å². The first-order valence-corrected chi connectivity index (χ1v) is 9.27. The number of halogens is 1. The molecule has 1 fully saturated rings. The molecule has 1 N–H and O–H groups in total. The smallest absolute Gasteiger partial charge is 0.257 e.